The van der Waals surface area contributed by atoms with E-state index in [0.29, 0.717) is 18.4 Å². The van der Waals surface area contributed by atoms with E-state index in [1.165, 1.54) is 12.8 Å². The van der Waals surface area contributed by atoms with Crippen molar-refractivity contribution in [2.45, 2.75) is 102 Å². The summed E-state index contributed by atoms with van der Waals surface area (Å²) in [7, 11) is 2.26. The van der Waals surface area contributed by atoms with Gasteiger partial charge in [-0.1, -0.05) is 13.8 Å². The van der Waals surface area contributed by atoms with Gasteiger partial charge in [0.15, 0.2) is 5.78 Å². The van der Waals surface area contributed by atoms with Crippen LogP contribution in [0.3, 0.4) is 0 Å². The van der Waals surface area contributed by atoms with Crippen LogP contribution < -0.4 is 0 Å². The van der Waals surface area contributed by atoms with Gasteiger partial charge >= 0.3 is 0 Å². The fourth-order valence-corrected chi connectivity index (χ4v) is 8.23. The second kappa shape index (κ2) is 6.40. The molecule has 4 fully saturated rings. The molecule has 0 amide bonds. The number of fused-ring (bicyclic) bond motifs is 5. The quantitative estimate of drug-likeness (QED) is 0.757. The van der Waals surface area contributed by atoms with E-state index in [1.54, 1.807) is 0 Å². The van der Waals surface area contributed by atoms with Crippen LogP contribution in [-0.4, -0.2) is 51.7 Å². The normalized spacial score (nSPS) is 50.6. The third-order valence-electron chi connectivity index (χ3n) is 10.5. The summed E-state index contributed by atoms with van der Waals surface area (Å²) < 4.78 is 0. The van der Waals surface area contributed by atoms with Gasteiger partial charge in [-0.2, -0.15) is 0 Å². The molecule has 162 valence electrons. The minimum Gasteiger partial charge on any atom is -0.393 e. The zero-order valence-electron chi connectivity index (χ0n) is 18.7. The van der Waals surface area contributed by atoms with E-state index in [2.05, 4.69) is 32.7 Å². The zero-order chi connectivity index (χ0) is 20.8. The highest BCUT2D eigenvalue weighted by Gasteiger charge is 2.66. The number of ketones is 1. The van der Waals surface area contributed by atoms with Crippen molar-refractivity contribution >= 4 is 5.78 Å². The summed E-state index contributed by atoms with van der Waals surface area (Å²) in [6, 6.07) is 1.19. The lowest BCUT2D eigenvalue weighted by atomic mass is 9.46. The zero-order valence-corrected chi connectivity index (χ0v) is 18.7. The summed E-state index contributed by atoms with van der Waals surface area (Å²) >= 11 is 0. The van der Waals surface area contributed by atoms with E-state index in [0.717, 1.165) is 50.1 Å². The molecule has 5 aliphatic carbocycles. The standard InChI is InChI=1S/C25H39NO3/c1-15(26(4)16-5-6-16)18-9-12-25(29)20-14-22(28)21-13-17(27)7-10-23(21,2)19(20)8-11-24(18,25)3/h14-19,21,27,29H,5-13H2,1-4H3/t15?,17?,18?,19?,21?,23?,24?,25-/m1/s1. The number of aliphatic hydroxyl groups excluding tert-OH is 1. The van der Waals surface area contributed by atoms with Crippen LogP contribution in [0.1, 0.15) is 78.6 Å². The Morgan fingerprint density at radius 3 is 2.48 bits per heavy atom. The van der Waals surface area contributed by atoms with Gasteiger partial charge in [0.1, 0.15) is 0 Å². The summed E-state index contributed by atoms with van der Waals surface area (Å²) in [6.07, 6.45) is 10.3. The largest absolute Gasteiger partial charge is 0.393 e. The SMILES string of the molecule is CC(C1CC[C@@]2(O)C3=CC(=O)C4CC(O)CCC4(C)C3CCC12C)N(C)C1CC1. The lowest BCUT2D eigenvalue weighted by Crippen LogP contribution is -2.60. The first-order valence-corrected chi connectivity index (χ1v) is 12.0. The van der Waals surface area contributed by atoms with Crippen molar-refractivity contribution in [1.82, 2.24) is 4.90 Å². The fourth-order valence-electron chi connectivity index (χ4n) is 8.23. The molecule has 29 heavy (non-hydrogen) atoms. The van der Waals surface area contributed by atoms with E-state index >= 15 is 0 Å². The fraction of sp³-hybridized carbons (Fsp3) is 0.880. The predicted molar refractivity (Wildman–Crippen MR) is 113 cm³/mol. The van der Waals surface area contributed by atoms with Crippen LogP contribution in [0, 0.1) is 28.6 Å². The predicted octanol–water partition coefficient (Wildman–Crippen LogP) is 3.70. The number of hydrogen-bond donors (Lipinski definition) is 2. The lowest BCUT2D eigenvalue weighted by molar-refractivity contribution is -0.141. The minimum atomic E-state index is -0.848. The van der Waals surface area contributed by atoms with Gasteiger partial charge in [0.25, 0.3) is 0 Å². The Labute approximate surface area is 175 Å². The van der Waals surface area contributed by atoms with Gasteiger partial charge in [0.05, 0.1) is 11.7 Å². The van der Waals surface area contributed by atoms with Crippen LogP contribution in [0.2, 0.25) is 0 Å². The molecule has 0 aromatic rings. The molecule has 0 aromatic carbocycles. The Kier molecular flexibility index (Phi) is 4.46. The first-order chi connectivity index (χ1) is 13.6. The van der Waals surface area contributed by atoms with Crippen molar-refractivity contribution in [2.75, 3.05) is 7.05 Å². The van der Waals surface area contributed by atoms with Crippen LogP contribution in [0.5, 0.6) is 0 Å². The van der Waals surface area contributed by atoms with Crippen LogP contribution in [0.25, 0.3) is 0 Å². The van der Waals surface area contributed by atoms with Crippen molar-refractivity contribution in [3.05, 3.63) is 11.6 Å². The molecule has 5 rings (SSSR count). The Bertz CT molecular complexity index is 744. The lowest BCUT2D eigenvalue weighted by Gasteiger charge is -2.60. The molecule has 0 spiro atoms. The Morgan fingerprint density at radius 1 is 1.07 bits per heavy atom. The molecule has 0 aliphatic heterocycles. The first kappa shape index (κ1) is 20.2. The summed E-state index contributed by atoms with van der Waals surface area (Å²) in [5.74, 6) is 0.826. The highest BCUT2D eigenvalue weighted by Crippen LogP contribution is 2.67. The molecule has 0 aromatic heterocycles. The van der Waals surface area contributed by atoms with Crippen LogP contribution >= 0.6 is 0 Å². The number of rotatable bonds is 3. The van der Waals surface area contributed by atoms with Crippen LogP contribution in [-0.2, 0) is 4.79 Å². The third-order valence-corrected chi connectivity index (χ3v) is 10.5. The summed E-state index contributed by atoms with van der Waals surface area (Å²) in [4.78, 5) is 15.7. The molecule has 7 unspecified atom stereocenters. The number of aliphatic hydroxyl groups is 2. The van der Waals surface area contributed by atoms with E-state index in [4.69, 9.17) is 0 Å². The van der Waals surface area contributed by atoms with E-state index in [1.807, 2.05) is 6.08 Å². The van der Waals surface area contributed by atoms with Crippen molar-refractivity contribution < 1.29 is 15.0 Å². The second-order valence-corrected chi connectivity index (χ2v) is 11.6. The van der Waals surface area contributed by atoms with Gasteiger partial charge in [-0.15, -0.1) is 0 Å². The molecule has 0 heterocycles. The van der Waals surface area contributed by atoms with E-state index in [-0.39, 0.29) is 34.6 Å². The van der Waals surface area contributed by atoms with Gasteiger partial charge in [-0.05, 0) is 101 Å². The smallest absolute Gasteiger partial charge is 0.159 e. The summed E-state index contributed by atoms with van der Waals surface area (Å²) in [5.41, 5.74) is -0.0596. The molecule has 4 nitrogen and oxygen atoms in total. The highest BCUT2D eigenvalue weighted by atomic mass is 16.3. The maximum absolute atomic E-state index is 13.2. The van der Waals surface area contributed by atoms with Crippen molar-refractivity contribution in [2.24, 2.45) is 28.6 Å². The Hall–Kier alpha value is -0.710. The molecule has 0 radical (unpaired) electrons. The molecule has 4 heteroatoms. The summed E-state index contributed by atoms with van der Waals surface area (Å²) in [5, 5.41) is 22.4. The maximum atomic E-state index is 13.2. The molecular weight excluding hydrogens is 362 g/mol. The van der Waals surface area contributed by atoms with E-state index < -0.39 is 5.60 Å². The molecule has 0 saturated heterocycles. The van der Waals surface area contributed by atoms with Gasteiger partial charge in [-0.3, -0.25) is 4.79 Å². The number of carbonyl (C=O) groups excluding carboxylic acids is 1. The molecule has 2 N–H and O–H groups in total. The maximum Gasteiger partial charge on any atom is 0.159 e. The Morgan fingerprint density at radius 2 is 1.79 bits per heavy atom. The van der Waals surface area contributed by atoms with Gasteiger partial charge in [-0.25, -0.2) is 0 Å². The minimum absolute atomic E-state index is 0.0786. The second-order valence-electron chi connectivity index (χ2n) is 11.6. The molecule has 0 bridgehead atoms. The van der Waals surface area contributed by atoms with E-state index in [9.17, 15) is 15.0 Å². The topological polar surface area (TPSA) is 60.8 Å². The average molecular weight is 402 g/mol. The van der Waals surface area contributed by atoms with Crippen LogP contribution in [0.4, 0.5) is 0 Å². The molecule has 5 aliphatic rings. The van der Waals surface area contributed by atoms with Crippen molar-refractivity contribution in [1.29, 1.82) is 0 Å². The number of allylic oxidation sites excluding steroid dienone is 1. The Balaban J connectivity index is 1.50. The van der Waals surface area contributed by atoms with Crippen molar-refractivity contribution in [3.63, 3.8) is 0 Å². The van der Waals surface area contributed by atoms with Gasteiger partial charge in [0.2, 0.25) is 0 Å². The monoisotopic (exact) mass is 401 g/mol. The summed E-state index contributed by atoms with van der Waals surface area (Å²) in [6.45, 7) is 6.93. The number of nitrogens with zero attached hydrogens (tertiary/aromatic N) is 1. The first-order valence-electron chi connectivity index (χ1n) is 12.0. The van der Waals surface area contributed by atoms with Crippen molar-refractivity contribution in [3.8, 4) is 0 Å². The van der Waals surface area contributed by atoms with Gasteiger partial charge in [0, 0.05) is 23.4 Å². The number of carbonyl (C=O) groups is 1. The molecule has 4 saturated carbocycles. The highest BCUT2D eigenvalue weighted by molar-refractivity contribution is 5.95. The molecule has 8 atom stereocenters. The number of hydrogen-bond acceptors (Lipinski definition) is 4. The molecular formula is C25H39NO3. The average Bonchev–Trinajstić information content (AvgIpc) is 3.47. The van der Waals surface area contributed by atoms with Crippen LogP contribution in [0.15, 0.2) is 11.6 Å². The van der Waals surface area contributed by atoms with Gasteiger partial charge < -0.3 is 15.1 Å². The third kappa shape index (κ3) is 2.64.